The molecule has 4 nitrogen and oxygen atoms in total. The van der Waals surface area contributed by atoms with Crippen molar-refractivity contribution in [3.8, 4) is 5.75 Å². The SMILES string of the molecule is CCN(CC(O)COc1ccc(N)cc1)CC1CCC1. The Labute approximate surface area is 121 Å². The average Bonchev–Trinajstić information content (AvgIpc) is 2.40. The zero-order valence-corrected chi connectivity index (χ0v) is 12.3. The quantitative estimate of drug-likeness (QED) is 0.715. The lowest BCUT2D eigenvalue weighted by Crippen LogP contribution is -2.39. The number of benzene rings is 1. The second kappa shape index (κ2) is 7.50. The molecule has 1 aliphatic carbocycles. The molecule has 3 N–H and O–H groups in total. The third kappa shape index (κ3) is 4.69. The lowest BCUT2D eigenvalue weighted by Gasteiger charge is -2.32. The van der Waals surface area contributed by atoms with E-state index in [4.69, 9.17) is 10.5 Å². The molecular formula is C16H26N2O2. The van der Waals surface area contributed by atoms with Gasteiger partial charge in [-0.3, -0.25) is 0 Å². The Morgan fingerprint density at radius 2 is 2.05 bits per heavy atom. The van der Waals surface area contributed by atoms with Gasteiger partial charge >= 0.3 is 0 Å². The molecule has 0 heterocycles. The number of hydrogen-bond donors (Lipinski definition) is 2. The zero-order valence-electron chi connectivity index (χ0n) is 12.3. The van der Waals surface area contributed by atoms with Crippen LogP contribution in [-0.4, -0.2) is 42.4 Å². The first-order valence-electron chi connectivity index (χ1n) is 7.56. The van der Waals surface area contributed by atoms with Gasteiger partial charge in [-0.2, -0.15) is 0 Å². The summed E-state index contributed by atoms with van der Waals surface area (Å²) in [6, 6.07) is 7.26. The summed E-state index contributed by atoms with van der Waals surface area (Å²) in [6.07, 6.45) is 3.60. The molecule has 0 radical (unpaired) electrons. The lowest BCUT2D eigenvalue weighted by atomic mass is 9.85. The topological polar surface area (TPSA) is 58.7 Å². The molecule has 0 aromatic heterocycles. The highest BCUT2D eigenvalue weighted by Gasteiger charge is 2.21. The maximum Gasteiger partial charge on any atom is 0.119 e. The Hall–Kier alpha value is -1.26. The molecule has 0 aliphatic heterocycles. The van der Waals surface area contributed by atoms with Gasteiger partial charge in [-0.1, -0.05) is 13.3 Å². The first-order chi connectivity index (χ1) is 9.67. The van der Waals surface area contributed by atoms with Gasteiger partial charge in [0, 0.05) is 18.8 Å². The lowest BCUT2D eigenvalue weighted by molar-refractivity contribution is 0.0585. The monoisotopic (exact) mass is 278 g/mol. The number of nitrogens with zero attached hydrogens (tertiary/aromatic N) is 1. The van der Waals surface area contributed by atoms with E-state index in [1.807, 2.05) is 12.1 Å². The molecular weight excluding hydrogens is 252 g/mol. The van der Waals surface area contributed by atoms with Crippen LogP contribution in [0.25, 0.3) is 0 Å². The Kier molecular flexibility index (Phi) is 5.68. The largest absolute Gasteiger partial charge is 0.491 e. The highest BCUT2D eigenvalue weighted by Crippen LogP contribution is 2.27. The summed E-state index contributed by atoms with van der Waals surface area (Å²) < 4.78 is 5.58. The minimum absolute atomic E-state index is 0.324. The molecule has 1 fully saturated rings. The highest BCUT2D eigenvalue weighted by atomic mass is 16.5. The number of aliphatic hydroxyl groups excluding tert-OH is 1. The Morgan fingerprint density at radius 1 is 1.35 bits per heavy atom. The number of rotatable bonds is 8. The fourth-order valence-electron chi connectivity index (χ4n) is 2.48. The Morgan fingerprint density at radius 3 is 2.60 bits per heavy atom. The summed E-state index contributed by atoms with van der Waals surface area (Å²) in [5, 5.41) is 10.1. The van der Waals surface area contributed by atoms with Crippen LogP contribution in [0.15, 0.2) is 24.3 Å². The van der Waals surface area contributed by atoms with Crippen molar-refractivity contribution in [1.29, 1.82) is 0 Å². The number of nitrogens with two attached hydrogens (primary N) is 1. The molecule has 1 unspecified atom stereocenters. The van der Waals surface area contributed by atoms with Crippen LogP contribution in [0.4, 0.5) is 5.69 Å². The van der Waals surface area contributed by atoms with Crippen LogP contribution in [0.3, 0.4) is 0 Å². The van der Waals surface area contributed by atoms with E-state index < -0.39 is 6.10 Å². The number of nitrogen functional groups attached to an aromatic ring is 1. The van der Waals surface area contributed by atoms with Crippen LogP contribution < -0.4 is 10.5 Å². The molecule has 0 spiro atoms. The minimum atomic E-state index is -0.451. The standard InChI is InChI=1S/C16H26N2O2/c1-2-18(10-13-4-3-5-13)11-15(19)12-20-16-8-6-14(17)7-9-16/h6-9,13,15,19H,2-5,10-12,17H2,1H3. The molecule has 0 amide bonds. The number of anilines is 1. The molecule has 1 aliphatic rings. The van der Waals surface area contributed by atoms with Crippen LogP contribution in [0.5, 0.6) is 5.75 Å². The summed E-state index contributed by atoms with van der Waals surface area (Å²) >= 11 is 0. The van der Waals surface area contributed by atoms with E-state index in [0.717, 1.165) is 30.4 Å². The van der Waals surface area contributed by atoms with Crippen LogP contribution in [0.2, 0.25) is 0 Å². The zero-order chi connectivity index (χ0) is 14.4. The van der Waals surface area contributed by atoms with E-state index in [9.17, 15) is 5.11 Å². The van der Waals surface area contributed by atoms with E-state index in [2.05, 4.69) is 11.8 Å². The molecule has 20 heavy (non-hydrogen) atoms. The van der Waals surface area contributed by atoms with E-state index in [0.29, 0.717) is 13.2 Å². The second-order valence-corrected chi connectivity index (χ2v) is 5.68. The summed E-state index contributed by atoms with van der Waals surface area (Å²) in [5.41, 5.74) is 6.34. The summed E-state index contributed by atoms with van der Waals surface area (Å²) in [7, 11) is 0. The van der Waals surface area contributed by atoms with Gasteiger partial charge in [0.05, 0.1) is 0 Å². The van der Waals surface area contributed by atoms with Gasteiger partial charge in [-0.05, 0) is 49.6 Å². The van der Waals surface area contributed by atoms with Gasteiger partial charge < -0.3 is 20.5 Å². The first-order valence-corrected chi connectivity index (χ1v) is 7.56. The predicted molar refractivity (Wildman–Crippen MR) is 81.8 cm³/mol. The van der Waals surface area contributed by atoms with Gasteiger partial charge in [-0.25, -0.2) is 0 Å². The molecule has 112 valence electrons. The van der Waals surface area contributed by atoms with Gasteiger partial charge in [0.1, 0.15) is 18.5 Å². The third-order valence-electron chi connectivity index (χ3n) is 3.98. The van der Waals surface area contributed by atoms with Gasteiger partial charge in [0.25, 0.3) is 0 Å². The normalized spacial score (nSPS) is 16.9. The van der Waals surface area contributed by atoms with Gasteiger partial charge in [0.15, 0.2) is 0 Å². The molecule has 4 heteroatoms. The van der Waals surface area contributed by atoms with Crippen LogP contribution in [-0.2, 0) is 0 Å². The van der Waals surface area contributed by atoms with E-state index >= 15 is 0 Å². The van der Waals surface area contributed by atoms with Crippen molar-refractivity contribution < 1.29 is 9.84 Å². The molecule has 0 saturated heterocycles. The van der Waals surface area contributed by atoms with E-state index in [1.54, 1.807) is 12.1 Å². The maximum absolute atomic E-state index is 10.1. The Balaban J connectivity index is 1.70. The van der Waals surface area contributed by atoms with Gasteiger partial charge in [0.2, 0.25) is 0 Å². The fourth-order valence-corrected chi connectivity index (χ4v) is 2.48. The summed E-state index contributed by atoms with van der Waals surface area (Å²) in [5.74, 6) is 1.58. The summed E-state index contributed by atoms with van der Waals surface area (Å²) in [4.78, 5) is 2.32. The van der Waals surface area contributed by atoms with E-state index in [-0.39, 0.29) is 0 Å². The molecule has 1 saturated carbocycles. The second-order valence-electron chi connectivity index (χ2n) is 5.68. The third-order valence-corrected chi connectivity index (χ3v) is 3.98. The number of aliphatic hydroxyl groups is 1. The van der Waals surface area contributed by atoms with Crippen molar-refractivity contribution in [2.45, 2.75) is 32.3 Å². The van der Waals surface area contributed by atoms with Crippen molar-refractivity contribution in [1.82, 2.24) is 4.90 Å². The smallest absolute Gasteiger partial charge is 0.119 e. The summed E-state index contributed by atoms with van der Waals surface area (Å²) in [6.45, 7) is 5.24. The number of ether oxygens (including phenoxy) is 1. The van der Waals surface area contributed by atoms with Gasteiger partial charge in [-0.15, -0.1) is 0 Å². The Bertz CT molecular complexity index is 390. The molecule has 1 atom stereocenters. The van der Waals surface area contributed by atoms with Crippen molar-refractivity contribution in [3.05, 3.63) is 24.3 Å². The minimum Gasteiger partial charge on any atom is -0.491 e. The van der Waals surface area contributed by atoms with Crippen LogP contribution >= 0.6 is 0 Å². The van der Waals surface area contributed by atoms with Crippen LogP contribution in [0, 0.1) is 5.92 Å². The van der Waals surface area contributed by atoms with Crippen LogP contribution in [0.1, 0.15) is 26.2 Å². The van der Waals surface area contributed by atoms with E-state index in [1.165, 1.54) is 19.3 Å². The van der Waals surface area contributed by atoms with Crippen molar-refractivity contribution >= 4 is 5.69 Å². The highest BCUT2D eigenvalue weighted by molar-refractivity contribution is 5.41. The first kappa shape index (κ1) is 15.1. The average molecular weight is 278 g/mol. The molecule has 1 aromatic rings. The fraction of sp³-hybridized carbons (Fsp3) is 0.625. The number of hydrogen-bond acceptors (Lipinski definition) is 4. The molecule has 2 rings (SSSR count). The predicted octanol–water partition coefficient (Wildman–Crippen LogP) is 2.13. The van der Waals surface area contributed by atoms with Crippen molar-refractivity contribution in [2.75, 3.05) is 32.0 Å². The number of likely N-dealkylation sites (N-methyl/N-ethyl adjacent to an activating group) is 1. The van der Waals surface area contributed by atoms with Crippen molar-refractivity contribution in [3.63, 3.8) is 0 Å². The van der Waals surface area contributed by atoms with Crippen molar-refractivity contribution in [2.24, 2.45) is 5.92 Å². The maximum atomic E-state index is 10.1. The molecule has 1 aromatic carbocycles. The molecule has 0 bridgehead atoms.